The van der Waals surface area contributed by atoms with Gasteiger partial charge in [-0.05, 0) is 19.5 Å². The van der Waals surface area contributed by atoms with Crippen LogP contribution in [0.15, 0.2) is 23.3 Å². The average Bonchev–Trinajstić information content (AvgIpc) is 2.67. The smallest absolute Gasteiger partial charge is 0.459 e. The zero-order chi connectivity index (χ0) is 20.0. The first-order valence-electron chi connectivity index (χ1n) is 9.04. The summed E-state index contributed by atoms with van der Waals surface area (Å²) in [6.45, 7) is 7.65. The van der Waals surface area contributed by atoms with Crippen LogP contribution in [-0.2, 0) is 0 Å². The van der Waals surface area contributed by atoms with E-state index in [0.717, 1.165) is 25.7 Å². The van der Waals surface area contributed by atoms with Crippen LogP contribution in [0.2, 0.25) is 0 Å². The molecule has 4 rings (SSSR count). The second-order valence-electron chi connectivity index (χ2n) is 6.79. The van der Waals surface area contributed by atoms with Gasteiger partial charge in [-0.2, -0.15) is 0 Å². The minimum Gasteiger partial charge on any atom is -0.459 e. The molecule has 0 atom stereocenters. The number of hydrogen-bond acceptors (Lipinski definition) is 6. The highest BCUT2D eigenvalue weighted by atomic mass is 19.1. The summed E-state index contributed by atoms with van der Waals surface area (Å²) in [4.78, 5) is 27.8. The third kappa shape index (κ3) is 2.88. The van der Waals surface area contributed by atoms with Crippen LogP contribution in [0.5, 0.6) is 11.5 Å². The van der Waals surface area contributed by atoms with Crippen molar-refractivity contribution < 1.29 is 23.8 Å². The largest absolute Gasteiger partial charge is 0.511 e. The molecule has 0 radical (unpaired) electrons. The molecule has 1 saturated heterocycles. The standard InChI is InChI=1S/C19H20FN3O5/c1-3-21-4-6-22(7-5-21)16-13(20)8-12-15-18(16)27-10-11(2)23(15)9-14(17(12)24)28-19(25)26/h8-10H,3-7H2,1-2H3,(H,25,26). The lowest BCUT2D eigenvalue weighted by Gasteiger charge is -2.37. The fourth-order valence-electron chi connectivity index (χ4n) is 3.73. The first-order valence-corrected chi connectivity index (χ1v) is 9.04. The van der Waals surface area contributed by atoms with Gasteiger partial charge in [0.1, 0.15) is 17.5 Å². The van der Waals surface area contributed by atoms with Gasteiger partial charge in [0.15, 0.2) is 17.3 Å². The van der Waals surface area contributed by atoms with Crippen molar-refractivity contribution in [2.45, 2.75) is 13.8 Å². The maximum absolute atomic E-state index is 15.1. The maximum Gasteiger partial charge on any atom is 0.511 e. The number of rotatable bonds is 3. The number of carbonyl (C=O) groups is 1. The van der Waals surface area contributed by atoms with Crippen molar-refractivity contribution in [2.75, 3.05) is 37.6 Å². The van der Waals surface area contributed by atoms with Crippen LogP contribution in [0.3, 0.4) is 0 Å². The third-order valence-electron chi connectivity index (χ3n) is 5.20. The quantitative estimate of drug-likeness (QED) is 0.808. The number of nitrogens with zero attached hydrogens (tertiary/aromatic N) is 3. The number of anilines is 1. The van der Waals surface area contributed by atoms with Crippen LogP contribution in [0.4, 0.5) is 14.9 Å². The number of benzene rings is 1. The van der Waals surface area contributed by atoms with Gasteiger partial charge in [0.25, 0.3) is 0 Å². The summed E-state index contributed by atoms with van der Waals surface area (Å²) in [6.07, 6.45) is 1.14. The van der Waals surface area contributed by atoms with E-state index in [4.69, 9.17) is 9.84 Å². The van der Waals surface area contributed by atoms with Gasteiger partial charge in [0.05, 0.1) is 17.3 Å². The highest BCUT2D eigenvalue weighted by molar-refractivity contribution is 5.95. The van der Waals surface area contributed by atoms with Crippen LogP contribution in [0, 0.1) is 5.82 Å². The number of hydrogen-bond donors (Lipinski definition) is 1. The van der Waals surface area contributed by atoms with E-state index >= 15 is 4.39 Å². The molecule has 2 aliphatic heterocycles. The minimum atomic E-state index is -1.61. The Balaban J connectivity index is 1.91. The number of halogens is 1. The topological polar surface area (TPSA) is 84.2 Å². The van der Waals surface area contributed by atoms with Gasteiger partial charge in [-0.25, -0.2) is 9.18 Å². The molecule has 0 unspecified atom stereocenters. The van der Waals surface area contributed by atoms with Gasteiger partial charge in [0.2, 0.25) is 5.43 Å². The summed E-state index contributed by atoms with van der Waals surface area (Å²) < 4.78 is 27.0. The monoisotopic (exact) mass is 389 g/mol. The lowest BCUT2D eigenvalue weighted by Crippen LogP contribution is -2.46. The molecule has 1 aromatic heterocycles. The fourth-order valence-corrected chi connectivity index (χ4v) is 3.73. The van der Waals surface area contributed by atoms with E-state index in [9.17, 15) is 9.59 Å². The van der Waals surface area contributed by atoms with Gasteiger partial charge >= 0.3 is 6.16 Å². The Morgan fingerprint density at radius 2 is 2.04 bits per heavy atom. The van der Waals surface area contributed by atoms with E-state index in [1.807, 2.05) is 4.90 Å². The first-order chi connectivity index (χ1) is 13.4. The van der Waals surface area contributed by atoms with Crippen molar-refractivity contribution in [3.05, 3.63) is 34.6 Å². The molecule has 1 N–H and O–H groups in total. The van der Waals surface area contributed by atoms with Gasteiger partial charge in [-0.1, -0.05) is 6.92 Å². The summed E-state index contributed by atoms with van der Waals surface area (Å²) in [6, 6.07) is 1.13. The van der Waals surface area contributed by atoms with Crippen molar-refractivity contribution in [1.29, 1.82) is 0 Å². The Hall–Kier alpha value is -3.07. The van der Waals surface area contributed by atoms with Crippen molar-refractivity contribution in [3.63, 3.8) is 0 Å². The van der Waals surface area contributed by atoms with E-state index in [1.165, 1.54) is 12.5 Å². The molecule has 2 aliphatic rings. The van der Waals surface area contributed by atoms with E-state index in [0.29, 0.717) is 30.0 Å². The number of pyridine rings is 1. The van der Waals surface area contributed by atoms with Crippen molar-refractivity contribution >= 4 is 28.4 Å². The number of piperazine rings is 1. The molecular weight excluding hydrogens is 369 g/mol. The molecule has 148 valence electrons. The van der Waals surface area contributed by atoms with E-state index in [-0.39, 0.29) is 16.9 Å². The predicted octanol–water partition coefficient (Wildman–Crippen LogP) is 2.55. The van der Waals surface area contributed by atoms with E-state index in [2.05, 4.69) is 16.6 Å². The van der Waals surface area contributed by atoms with Crippen LogP contribution < -0.4 is 19.8 Å². The highest BCUT2D eigenvalue weighted by Gasteiger charge is 2.29. The Kier molecular flexibility index (Phi) is 4.46. The molecular formula is C19H20FN3O5. The van der Waals surface area contributed by atoms with Crippen molar-refractivity contribution in [3.8, 4) is 11.5 Å². The van der Waals surface area contributed by atoms with E-state index in [1.54, 1.807) is 11.5 Å². The number of carboxylic acid groups (broad SMARTS) is 1. The summed E-state index contributed by atoms with van der Waals surface area (Å²) >= 11 is 0. The summed E-state index contributed by atoms with van der Waals surface area (Å²) in [5.41, 5.74) is 0.625. The zero-order valence-electron chi connectivity index (χ0n) is 15.6. The van der Waals surface area contributed by atoms with Crippen molar-refractivity contribution in [2.24, 2.45) is 0 Å². The predicted molar refractivity (Wildman–Crippen MR) is 102 cm³/mol. The molecule has 3 heterocycles. The van der Waals surface area contributed by atoms with Crippen LogP contribution in [0.1, 0.15) is 13.8 Å². The van der Waals surface area contributed by atoms with Crippen LogP contribution >= 0.6 is 0 Å². The van der Waals surface area contributed by atoms with Gasteiger partial charge < -0.3 is 28.9 Å². The molecule has 28 heavy (non-hydrogen) atoms. The number of likely N-dealkylation sites (N-methyl/N-ethyl adjacent to an activating group) is 1. The van der Waals surface area contributed by atoms with Gasteiger partial charge in [0, 0.05) is 26.2 Å². The van der Waals surface area contributed by atoms with Gasteiger partial charge in [-0.15, -0.1) is 0 Å². The average molecular weight is 389 g/mol. The molecule has 0 bridgehead atoms. The Labute approximate surface area is 160 Å². The zero-order valence-corrected chi connectivity index (χ0v) is 15.6. The van der Waals surface area contributed by atoms with Crippen LogP contribution in [-0.4, -0.2) is 53.5 Å². The number of ether oxygens (including phenoxy) is 2. The molecule has 1 aromatic carbocycles. The minimum absolute atomic E-state index is 0.00893. The molecule has 0 spiro atoms. The molecule has 2 aromatic rings. The summed E-state index contributed by atoms with van der Waals surface area (Å²) in [7, 11) is 0. The second kappa shape index (κ2) is 6.83. The Bertz CT molecular complexity index is 1050. The van der Waals surface area contributed by atoms with Crippen molar-refractivity contribution in [1.82, 2.24) is 9.47 Å². The molecule has 1 fully saturated rings. The lowest BCUT2D eigenvalue weighted by molar-refractivity contribution is 0.144. The third-order valence-corrected chi connectivity index (χ3v) is 5.20. The van der Waals surface area contributed by atoms with E-state index < -0.39 is 17.4 Å². The second-order valence-corrected chi connectivity index (χ2v) is 6.79. The Morgan fingerprint density at radius 1 is 1.32 bits per heavy atom. The fraction of sp³-hybridized carbons (Fsp3) is 0.368. The molecule has 0 aliphatic carbocycles. The SMILES string of the molecule is CCN1CCN(c2c(F)cc3c(=O)c(OC(=O)O)cn4c3c2OC=C4C)CC1. The molecule has 0 amide bonds. The summed E-state index contributed by atoms with van der Waals surface area (Å²) in [5.74, 6) is -0.717. The molecule has 9 heteroatoms. The summed E-state index contributed by atoms with van der Waals surface area (Å²) in [5, 5.41) is 8.89. The van der Waals surface area contributed by atoms with Crippen LogP contribution in [0.25, 0.3) is 16.6 Å². The lowest BCUT2D eigenvalue weighted by atomic mass is 10.1. The maximum atomic E-state index is 15.1. The highest BCUT2D eigenvalue weighted by Crippen LogP contribution is 2.42. The number of aromatic nitrogens is 1. The van der Waals surface area contributed by atoms with Gasteiger partial charge in [-0.3, -0.25) is 4.79 Å². The molecule has 0 saturated carbocycles. The first kappa shape index (κ1) is 18.3. The Morgan fingerprint density at radius 3 is 2.68 bits per heavy atom. The number of allylic oxidation sites excluding steroid dienone is 1. The normalized spacial score (nSPS) is 16.7. The molecule has 8 nitrogen and oxygen atoms in total.